The smallest absolute Gasteiger partial charge is 0.135 e. The average Bonchev–Trinajstić information content (AvgIpc) is 2.47. The lowest BCUT2D eigenvalue weighted by molar-refractivity contribution is 0.412. The number of nitrogens with one attached hydrogen (secondary N) is 1. The third kappa shape index (κ3) is 3.71. The van der Waals surface area contributed by atoms with E-state index in [0.29, 0.717) is 0 Å². The summed E-state index contributed by atoms with van der Waals surface area (Å²) in [5.41, 5.74) is 1.99. The van der Waals surface area contributed by atoms with Crippen LogP contribution in [-0.4, -0.2) is 18.6 Å². The highest BCUT2D eigenvalue weighted by atomic mass is 16.5. The second-order valence-corrected chi connectivity index (χ2v) is 4.49. The Balaban J connectivity index is 2.19. The monoisotopic (exact) mass is 272 g/mol. The Hall–Kier alpha value is -2.07. The van der Waals surface area contributed by atoms with Gasteiger partial charge in [-0.15, -0.1) is 0 Å². The fourth-order valence-corrected chi connectivity index (χ4v) is 1.82. The average molecular weight is 272 g/mol. The van der Waals surface area contributed by atoms with Gasteiger partial charge in [-0.25, -0.2) is 0 Å². The second kappa shape index (κ2) is 6.91. The first-order chi connectivity index (χ1) is 9.72. The highest BCUT2D eigenvalue weighted by Gasteiger charge is 2.06. The fraction of sp³-hybridized carbons (Fsp3) is 0.312. The molecule has 106 valence electrons. The Morgan fingerprint density at radius 1 is 1.15 bits per heavy atom. The highest BCUT2D eigenvalue weighted by Crippen LogP contribution is 2.27. The molecule has 2 rings (SSSR count). The van der Waals surface area contributed by atoms with Crippen molar-refractivity contribution in [3.63, 3.8) is 0 Å². The van der Waals surface area contributed by atoms with Crippen LogP contribution in [-0.2, 0) is 6.54 Å². The van der Waals surface area contributed by atoms with Crippen LogP contribution in [0.2, 0.25) is 0 Å². The van der Waals surface area contributed by atoms with Crippen LogP contribution in [0.15, 0.2) is 36.5 Å². The van der Waals surface area contributed by atoms with Gasteiger partial charge in [0.15, 0.2) is 0 Å². The Morgan fingerprint density at radius 2 is 1.85 bits per heavy atom. The van der Waals surface area contributed by atoms with Gasteiger partial charge in [0.05, 0.1) is 7.11 Å². The molecule has 0 aliphatic carbocycles. The van der Waals surface area contributed by atoms with Gasteiger partial charge in [-0.2, -0.15) is 0 Å². The van der Waals surface area contributed by atoms with Gasteiger partial charge < -0.3 is 14.8 Å². The molecular weight excluding hydrogens is 252 g/mol. The van der Waals surface area contributed by atoms with Crippen molar-refractivity contribution in [2.75, 3.05) is 13.7 Å². The van der Waals surface area contributed by atoms with Crippen LogP contribution in [0.5, 0.6) is 17.2 Å². The maximum atomic E-state index is 5.95. The summed E-state index contributed by atoms with van der Waals surface area (Å²) in [6, 6.07) is 9.51. The molecule has 0 atom stereocenters. The number of methoxy groups -OCH3 is 1. The van der Waals surface area contributed by atoms with Crippen LogP contribution >= 0.6 is 0 Å². The van der Waals surface area contributed by atoms with Gasteiger partial charge in [-0.05, 0) is 37.7 Å². The molecule has 1 aromatic heterocycles. The third-order valence-electron chi connectivity index (χ3n) is 2.93. The van der Waals surface area contributed by atoms with Crippen LogP contribution < -0.4 is 14.8 Å². The minimum absolute atomic E-state index is 0.745. The summed E-state index contributed by atoms with van der Waals surface area (Å²) in [6.07, 6.45) is 1.86. The van der Waals surface area contributed by atoms with Crippen molar-refractivity contribution in [3.05, 3.63) is 47.8 Å². The van der Waals surface area contributed by atoms with E-state index in [1.165, 1.54) is 0 Å². The Kier molecular flexibility index (Phi) is 4.96. The van der Waals surface area contributed by atoms with Crippen molar-refractivity contribution in [3.8, 4) is 17.2 Å². The molecule has 20 heavy (non-hydrogen) atoms. The van der Waals surface area contributed by atoms with E-state index in [0.717, 1.165) is 41.6 Å². The molecule has 4 nitrogen and oxygen atoms in total. The number of benzene rings is 1. The van der Waals surface area contributed by atoms with Gasteiger partial charge in [0, 0.05) is 30.1 Å². The van der Waals surface area contributed by atoms with Crippen molar-refractivity contribution >= 4 is 0 Å². The minimum atomic E-state index is 0.745. The first-order valence-corrected chi connectivity index (χ1v) is 6.71. The topological polar surface area (TPSA) is 43.4 Å². The predicted octanol–water partition coefficient (Wildman–Crippen LogP) is 3.30. The molecule has 0 saturated carbocycles. The number of ether oxygens (including phenoxy) is 2. The summed E-state index contributed by atoms with van der Waals surface area (Å²) in [4.78, 5) is 4.32. The lowest BCUT2D eigenvalue weighted by atomic mass is 10.2. The van der Waals surface area contributed by atoms with Crippen molar-refractivity contribution in [2.24, 2.45) is 0 Å². The molecule has 1 N–H and O–H groups in total. The van der Waals surface area contributed by atoms with Crippen LogP contribution in [0.25, 0.3) is 0 Å². The largest absolute Gasteiger partial charge is 0.497 e. The van der Waals surface area contributed by atoms with E-state index >= 15 is 0 Å². The van der Waals surface area contributed by atoms with E-state index in [4.69, 9.17) is 9.47 Å². The number of nitrogens with zero attached hydrogens (tertiary/aromatic N) is 1. The lowest BCUT2D eigenvalue weighted by Gasteiger charge is -2.12. The number of rotatable bonds is 6. The van der Waals surface area contributed by atoms with E-state index in [-0.39, 0.29) is 0 Å². The van der Waals surface area contributed by atoms with Crippen LogP contribution in [0.1, 0.15) is 18.2 Å². The molecule has 0 amide bonds. The zero-order valence-corrected chi connectivity index (χ0v) is 12.1. The summed E-state index contributed by atoms with van der Waals surface area (Å²) >= 11 is 0. The first-order valence-electron chi connectivity index (χ1n) is 6.71. The minimum Gasteiger partial charge on any atom is -0.497 e. The summed E-state index contributed by atoms with van der Waals surface area (Å²) in [5, 5.41) is 3.29. The van der Waals surface area contributed by atoms with Crippen molar-refractivity contribution in [2.45, 2.75) is 20.4 Å². The third-order valence-corrected chi connectivity index (χ3v) is 2.93. The van der Waals surface area contributed by atoms with Gasteiger partial charge in [0.2, 0.25) is 0 Å². The molecule has 0 radical (unpaired) electrons. The molecule has 0 fully saturated rings. The summed E-state index contributed by atoms with van der Waals surface area (Å²) in [5.74, 6) is 2.44. The molecule has 0 aliphatic rings. The molecule has 1 aromatic carbocycles. The highest BCUT2D eigenvalue weighted by molar-refractivity contribution is 5.39. The van der Waals surface area contributed by atoms with Gasteiger partial charge >= 0.3 is 0 Å². The number of pyridine rings is 1. The summed E-state index contributed by atoms with van der Waals surface area (Å²) < 4.78 is 11.1. The zero-order valence-electron chi connectivity index (χ0n) is 12.1. The number of hydrogen-bond donors (Lipinski definition) is 1. The first kappa shape index (κ1) is 14.3. The molecule has 0 bridgehead atoms. The van der Waals surface area contributed by atoms with E-state index < -0.39 is 0 Å². The van der Waals surface area contributed by atoms with Gasteiger partial charge in [-0.3, -0.25) is 4.98 Å². The molecule has 2 aromatic rings. The Morgan fingerprint density at radius 3 is 2.50 bits per heavy atom. The predicted molar refractivity (Wildman–Crippen MR) is 79.4 cm³/mol. The molecule has 0 saturated heterocycles. The number of hydrogen-bond acceptors (Lipinski definition) is 4. The summed E-state index contributed by atoms with van der Waals surface area (Å²) in [7, 11) is 1.65. The molecule has 1 heterocycles. The molecule has 0 aliphatic heterocycles. The van der Waals surface area contributed by atoms with E-state index in [9.17, 15) is 0 Å². The zero-order chi connectivity index (χ0) is 14.4. The van der Waals surface area contributed by atoms with Crippen molar-refractivity contribution in [1.29, 1.82) is 0 Å². The molecule has 4 heteroatoms. The van der Waals surface area contributed by atoms with Gasteiger partial charge in [0.25, 0.3) is 0 Å². The molecule has 0 spiro atoms. The number of aryl methyl sites for hydroxylation is 1. The maximum Gasteiger partial charge on any atom is 0.135 e. The van der Waals surface area contributed by atoms with Gasteiger partial charge in [0.1, 0.15) is 17.2 Å². The van der Waals surface area contributed by atoms with Crippen LogP contribution in [0.3, 0.4) is 0 Å². The number of aromatic nitrogens is 1. The standard InChI is InChI=1S/C16H20N2O2/c1-4-17-10-13-11-18-12(2)9-16(13)20-15-7-5-14(19-3)6-8-15/h5-9,11,17H,4,10H2,1-3H3. The SMILES string of the molecule is CCNCc1cnc(C)cc1Oc1ccc(OC)cc1. The Bertz CT molecular complexity index is 553. The maximum absolute atomic E-state index is 5.95. The normalized spacial score (nSPS) is 10.3. The lowest BCUT2D eigenvalue weighted by Crippen LogP contribution is -2.12. The summed E-state index contributed by atoms with van der Waals surface area (Å²) in [6.45, 7) is 5.69. The van der Waals surface area contributed by atoms with Crippen LogP contribution in [0.4, 0.5) is 0 Å². The van der Waals surface area contributed by atoms with E-state index in [2.05, 4.69) is 17.2 Å². The Labute approximate surface area is 119 Å². The molecular formula is C16H20N2O2. The van der Waals surface area contributed by atoms with E-state index in [1.807, 2.05) is 43.5 Å². The van der Waals surface area contributed by atoms with Crippen molar-refractivity contribution in [1.82, 2.24) is 10.3 Å². The second-order valence-electron chi connectivity index (χ2n) is 4.49. The van der Waals surface area contributed by atoms with Crippen LogP contribution in [0, 0.1) is 6.92 Å². The van der Waals surface area contributed by atoms with Crippen molar-refractivity contribution < 1.29 is 9.47 Å². The van der Waals surface area contributed by atoms with E-state index in [1.54, 1.807) is 7.11 Å². The van der Waals surface area contributed by atoms with Gasteiger partial charge in [-0.1, -0.05) is 6.92 Å². The molecule has 0 unspecified atom stereocenters. The fourth-order valence-electron chi connectivity index (χ4n) is 1.82. The quantitative estimate of drug-likeness (QED) is 0.876.